The molecule has 0 unspecified atom stereocenters. The molecule has 1 heterocycles. The number of halogens is 2. The Balaban J connectivity index is 1.53. The Hall–Kier alpha value is -2.13. The van der Waals surface area contributed by atoms with Crippen molar-refractivity contribution < 1.29 is 22.7 Å². The van der Waals surface area contributed by atoms with Crippen molar-refractivity contribution in [2.24, 2.45) is 0 Å². The van der Waals surface area contributed by atoms with Crippen LogP contribution in [0.2, 0.25) is 10.0 Å². The van der Waals surface area contributed by atoms with Gasteiger partial charge in [0.25, 0.3) is 5.91 Å². The van der Waals surface area contributed by atoms with Crippen LogP contribution in [0.25, 0.3) is 0 Å². The molecule has 1 aliphatic heterocycles. The highest BCUT2D eigenvalue weighted by molar-refractivity contribution is 7.89. The van der Waals surface area contributed by atoms with E-state index >= 15 is 0 Å². The fourth-order valence-corrected chi connectivity index (χ4v) is 4.68. The summed E-state index contributed by atoms with van der Waals surface area (Å²) >= 11 is 11.7. The third-order valence-corrected chi connectivity index (χ3v) is 7.38. The lowest BCUT2D eigenvalue weighted by atomic mass is 10.2. The molecule has 0 atom stereocenters. The average Bonchev–Trinajstić information content (AvgIpc) is 2.74. The molecule has 7 nitrogen and oxygen atoms in total. The van der Waals surface area contributed by atoms with E-state index in [9.17, 15) is 18.0 Å². The van der Waals surface area contributed by atoms with Crippen LogP contribution < -0.4 is 0 Å². The molecule has 0 radical (unpaired) electrons. The van der Waals surface area contributed by atoms with Gasteiger partial charge in [-0.15, -0.1) is 0 Å². The Morgan fingerprint density at radius 3 is 2.20 bits per heavy atom. The predicted molar refractivity (Wildman–Crippen MR) is 113 cm³/mol. The summed E-state index contributed by atoms with van der Waals surface area (Å²) in [4.78, 5) is 26.1. The minimum absolute atomic E-state index is 0.169. The Morgan fingerprint density at radius 1 is 0.967 bits per heavy atom. The molecule has 10 heteroatoms. The van der Waals surface area contributed by atoms with Crippen LogP contribution in [-0.4, -0.2) is 62.3 Å². The van der Waals surface area contributed by atoms with Gasteiger partial charge >= 0.3 is 5.97 Å². The molecule has 160 valence electrons. The lowest BCUT2D eigenvalue weighted by Crippen LogP contribution is -2.51. The van der Waals surface area contributed by atoms with Crippen molar-refractivity contribution in [2.75, 3.05) is 32.8 Å². The first-order valence-corrected chi connectivity index (χ1v) is 11.3. The zero-order valence-corrected chi connectivity index (χ0v) is 18.5. The molecule has 0 saturated carbocycles. The smallest absolute Gasteiger partial charge is 0.338 e. The van der Waals surface area contributed by atoms with Gasteiger partial charge in [-0.2, -0.15) is 4.31 Å². The summed E-state index contributed by atoms with van der Waals surface area (Å²) in [5.41, 5.74) is 1.16. The van der Waals surface area contributed by atoms with Crippen LogP contribution in [0.15, 0.2) is 47.4 Å². The van der Waals surface area contributed by atoms with Gasteiger partial charge in [-0.25, -0.2) is 13.2 Å². The Labute approximate surface area is 185 Å². The Bertz CT molecular complexity index is 1050. The molecule has 0 aliphatic carbocycles. The fourth-order valence-electron chi connectivity index (χ4n) is 2.96. The van der Waals surface area contributed by atoms with Crippen LogP contribution in [-0.2, 0) is 19.6 Å². The first-order valence-electron chi connectivity index (χ1n) is 9.15. The van der Waals surface area contributed by atoms with Crippen LogP contribution in [0.4, 0.5) is 0 Å². The van der Waals surface area contributed by atoms with Crippen molar-refractivity contribution in [3.05, 3.63) is 63.6 Å². The molecule has 1 amide bonds. The van der Waals surface area contributed by atoms with Crippen molar-refractivity contribution in [3.63, 3.8) is 0 Å². The van der Waals surface area contributed by atoms with E-state index in [1.54, 1.807) is 24.3 Å². The number of nitrogens with zero attached hydrogens (tertiary/aromatic N) is 2. The van der Waals surface area contributed by atoms with E-state index in [1.165, 1.54) is 27.4 Å². The van der Waals surface area contributed by atoms with E-state index in [1.807, 2.05) is 6.92 Å². The number of piperazine rings is 1. The van der Waals surface area contributed by atoms with E-state index in [-0.39, 0.29) is 41.7 Å². The molecule has 2 aromatic carbocycles. The highest BCUT2D eigenvalue weighted by Gasteiger charge is 2.30. The number of carbonyl (C=O) groups excluding carboxylic acids is 2. The van der Waals surface area contributed by atoms with E-state index < -0.39 is 28.5 Å². The number of hydrogen-bond donors (Lipinski definition) is 0. The second-order valence-corrected chi connectivity index (χ2v) is 9.56. The topological polar surface area (TPSA) is 84.0 Å². The minimum Gasteiger partial charge on any atom is -0.452 e. The summed E-state index contributed by atoms with van der Waals surface area (Å²) in [5, 5.41) is 0.520. The molecule has 0 spiro atoms. The number of aryl methyl sites for hydroxylation is 1. The third kappa shape index (κ3) is 5.13. The minimum atomic E-state index is -3.61. The molecule has 0 aromatic heterocycles. The van der Waals surface area contributed by atoms with Gasteiger partial charge in [-0.3, -0.25) is 4.79 Å². The van der Waals surface area contributed by atoms with Crippen molar-refractivity contribution in [1.82, 2.24) is 9.21 Å². The molecule has 0 N–H and O–H groups in total. The average molecular weight is 471 g/mol. The first-order chi connectivity index (χ1) is 14.2. The van der Waals surface area contributed by atoms with Crippen LogP contribution in [0, 0.1) is 6.92 Å². The molecule has 2 aromatic rings. The van der Waals surface area contributed by atoms with Gasteiger partial charge in [0.15, 0.2) is 6.61 Å². The summed E-state index contributed by atoms with van der Waals surface area (Å²) in [6, 6.07) is 10.9. The fraction of sp³-hybridized carbons (Fsp3) is 0.300. The zero-order valence-electron chi connectivity index (χ0n) is 16.2. The summed E-state index contributed by atoms with van der Waals surface area (Å²) in [6.07, 6.45) is 0. The monoisotopic (exact) mass is 470 g/mol. The standard InChI is InChI=1S/C20H20Cl2N2O5S/c1-14-2-5-16(6-3-14)30(27,28)24-10-8-23(9-11-24)19(25)13-29-20(26)15-4-7-17(21)18(22)12-15/h2-7,12H,8-11,13H2,1H3. The van der Waals surface area contributed by atoms with Gasteiger partial charge in [-0.05, 0) is 37.3 Å². The highest BCUT2D eigenvalue weighted by atomic mass is 35.5. The van der Waals surface area contributed by atoms with E-state index in [0.29, 0.717) is 5.02 Å². The molecule has 3 rings (SSSR count). The third-order valence-electron chi connectivity index (χ3n) is 4.73. The number of amides is 1. The van der Waals surface area contributed by atoms with Crippen molar-refractivity contribution in [2.45, 2.75) is 11.8 Å². The van der Waals surface area contributed by atoms with E-state index in [4.69, 9.17) is 27.9 Å². The van der Waals surface area contributed by atoms with Crippen LogP contribution >= 0.6 is 23.2 Å². The maximum Gasteiger partial charge on any atom is 0.338 e. The van der Waals surface area contributed by atoms with Gasteiger partial charge in [0.2, 0.25) is 10.0 Å². The number of sulfonamides is 1. The number of benzene rings is 2. The number of rotatable bonds is 5. The Morgan fingerprint density at radius 2 is 1.60 bits per heavy atom. The van der Waals surface area contributed by atoms with E-state index in [0.717, 1.165) is 5.56 Å². The first kappa shape index (κ1) is 22.6. The largest absolute Gasteiger partial charge is 0.452 e. The molecular weight excluding hydrogens is 451 g/mol. The lowest BCUT2D eigenvalue weighted by Gasteiger charge is -2.33. The molecule has 1 saturated heterocycles. The number of hydrogen-bond acceptors (Lipinski definition) is 5. The second-order valence-electron chi connectivity index (χ2n) is 6.80. The maximum atomic E-state index is 12.7. The quantitative estimate of drug-likeness (QED) is 0.627. The Kier molecular flexibility index (Phi) is 7.02. The molecule has 30 heavy (non-hydrogen) atoms. The van der Waals surface area contributed by atoms with Crippen LogP contribution in [0.5, 0.6) is 0 Å². The number of ether oxygens (including phenoxy) is 1. The second kappa shape index (κ2) is 9.34. The molecular formula is C20H20Cl2N2O5S. The number of carbonyl (C=O) groups is 2. The van der Waals surface area contributed by atoms with Crippen LogP contribution in [0.3, 0.4) is 0 Å². The van der Waals surface area contributed by atoms with Gasteiger partial charge in [0, 0.05) is 26.2 Å². The molecule has 0 bridgehead atoms. The van der Waals surface area contributed by atoms with Crippen molar-refractivity contribution in [3.8, 4) is 0 Å². The maximum absolute atomic E-state index is 12.7. The lowest BCUT2D eigenvalue weighted by molar-refractivity contribution is -0.135. The molecule has 1 fully saturated rings. The number of esters is 1. The predicted octanol–water partition coefficient (Wildman–Crippen LogP) is 2.99. The summed E-state index contributed by atoms with van der Waals surface area (Å²) in [7, 11) is -3.61. The van der Waals surface area contributed by atoms with Gasteiger partial charge in [0.05, 0.1) is 20.5 Å². The van der Waals surface area contributed by atoms with E-state index in [2.05, 4.69) is 0 Å². The van der Waals surface area contributed by atoms with Gasteiger partial charge in [0.1, 0.15) is 0 Å². The normalized spacial score (nSPS) is 15.1. The molecule has 1 aliphatic rings. The SMILES string of the molecule is Cc1ccc(S(=O)(=O)N2CCN(C(=O)COC(=O)c3ccc(Cl)c(Cl)c3)CC2)cc1. The van der Waals surface area contributed by atoms with Crippen molar-refractivity contribution in [1.29, 1.82) is 0 Å². The van der Waals surface area contributed by atoms with Gasteiger partial charge in [-0.1, -0.05) is 40.9 Å². The summed E-state index contributed by atoms with van der Waals surface area (Å²) < 4.78 is 31.9. The summed E-state index contributed by atoms with van der Waals surface area (Å²) in [6.45, 7) is 2.22. The van der Waals surface area contributed by atoms with Crippen LogP contribution in [0.1, 0.15) is 15.9 Å². The highest BCUT2D eigenvalue weighted by Crippen LogP contribution is 2.23. The summed E-state index contributed by atoms with van der Waals surface area (Å²) in [5.74, 6) is -1.08. The van der Waals surface area contributed by atoms with Crippen molar-refractivity contribution >= 4 is 45.1 Å². The van der Waals surface area contributed by atoms with Gasteiger partial charge < -0.3 is 9.64 Å². The zero-order chi connectivity index (χ0) is 21.9.